The standard InChI is InChI=1S/C9H8N4O2.C9H10N4.C6H7ClN2/c1-7-5-8(13(14)15)6-10-9(7)12-4-2-3-11-12;1-7-5-8(10)6-11-9(7)13-4-2-3-12-13;1-4-2-5(8)3-9-6(4)7/h2-6H,1H3;2-6H,10H2,1H3;2-3H,8H2,1H3. The van der Waals surface area contributed by atoms with E-state index in [0.717, 1.165) is 16.9 Å². The molecule has 0 aliphatic carbocycles. The minimum Gasteiger partial charge on any atom is -0.397 e. The van der Waals surface area contributed by atoms with Crippen LogP contribution in [0.2, 0.25) is 5.15 Å². The third-order valence-corrected chi connectivity index (χ3v) is 5.19. The Balaban J connectivity index is 0.000000159. The molecule has 0 amide bonds. The van der Waals surface area contributed by atoms with Gasteiger partial charge >= 0.3 is 0 Å². The highest BCUT2D eigenvalue weighted by molar-refractivity contribution is 6.30. The Labute approximate surface area is 217 Å². The molecule has 4 N–H and O–H groups in total. The number of nitrogens with two attached hydrogens (primary N) is 2. The summed E-state index contributed by atoms with van der Waals surface area (Å²) in [6.07, 6.45) is 11.3. The molecule has 0 aliphatic heterocycles. The van der Waals surface area contributed by atoms with Gasteiger partial charge in [0, 0.05) is 36.4 Å². The Kier molecular flexibility index (Phi) is 8.84. The number of aryl methyl sites for hydroxylation is 3. The molecule has 12 nitrogen and oxygen atoms in total. The molecule has 5 heterocycles. The van der Waals surface area contributed by atoms with Crippen molar-refractivity contribution in [3.63, 3.8) is 0 Å². The number of aromatic nitrogens is 7. The van der Waals surface area contributed by atoms with Crippen LogP contribution in [0.15, 0.2) is 73.7 Å². The molecule has 37 heavy (non-hydrogen) atoms. The zero-order valence-corrected chi connectivity index (χ0v) is 21.1. The first-order valence-electron chi connectivity index (χ1n) is 10.9. The van der Waals surface area contributed by atoms with E-state index in [2.05, 4.69) is 25.1 Å². The first-order chi connectivity index (χ1) is 17.7. The van der Waals surface area contributed by atoms with Crippen LogP contribution < -0.4 is 11.5 Å². The van der Waals surface area contributed by atoms with Gasteiger partial charge in [-0.05, 0) is 56.2 Å². The number of nitro groups is 1. The van der Waals surface area contributed by atoms with Crippen molar-refractivity contribution in [2.24, 2.45) is 0 Å². The maximum atomic E-state index is 10.5. The summed E-state index contributed by atoms with van der Waals surface area (Å²) in [6, 6.07) is 8.77. The van der Waals surface area contributed by atoms with E-state index in [1.807, 2.05) is 32.2 Å². The Morgan fingerprint density at radius 1 is 0.784 bits per heavy atom. The lowest BCUT2D eigenvalue weighted by atomic mass is 10.2. The normalized spacial score (nSPS) is 10.1. The number of hydrogen-bond acceptors (Lipinski definition) is 9. The summed E-state index contributed by atoms with van der Waals surface area (Å²) in [5.74, 6) is 1.42. The van der Waals surface area contributed by atoms with Crippen molar-refractivity contribution in [1.82, 2.24) is 34.5 Å². The highest BCUT2D eigenvalue weighted by Crippen LogP contribution is 2.16. The van der Waals surface area contributed by atoms with Gasteiger partial charge in [0.15, 0.2) is 11.6 Å². The van der Waals surface area contributed by atoms with E-state index in [9.17, 15) is 10.1 Å². The van der Waals surface area contributed by atoms with Gasteiger partial charge in [0.2, 0.25) is 0 Å². The van der Waals surface area contributed by atoms with Gasteiger partial charge in [0.1, 0.15) is 11.3 Å². The van der Waals surface area contributed by atoms with Crippen molar-refractivity contribution in [3.05, 3.63) is 106 Å². The van der Waals surface area contributed by atoms with Gasteiger partial charge in [-0.15, -0.1) is 0 Å². The molecular formula is C24H25ClN10O2. The average Bonchev–Trinajstić information content (AvgIpc) is 3.57. The third-order valence-electron chi connectivity index (χ3n) is 4.80. The van der Waals surface area contributed by atoms with Crippen LogP contribution in [0.5, 0.6) is 0 Å². The first kappa shape index (κ1) is 26.8. The molecule has 0 bridgehead atoms. The van der Waals surface area contributed by atoms with E-state index in [1.54, 1.807) is 53.2 Å². The molecule has 0 aromatic carbocycles. The first-order valence-corrected chi connectivity index (χ1v) is 11.2. The van der Waals surface area contributed by atoms with Crippen LogP contribution in [0.1, 0.15) is 16.7 Å². The van der Waals surface area contributed by atoms with Crippen LogP contribution in [0.25, 0.3) is 11.6 Å². The Morgan fingerprint density at radius 3 is 1.68 bits per heavy atom. The monoisotopic (exact) mass is 520 g/mol. The van der Waals surface area contributed by atoms with Gasteiger partial charge in [-0.3, -0.25) is 10.1 Å². The molecular weight excluding hydrogens is 496 g/mol. The van der Waals surface area contributed by atoms with Crippen LogP contribution in [0.3, 0.4) is 0 Å². The van der Waals surface area contributed by atoms with Gasteiger partial charge < -0.3 is 11.5 Å². The van der Waals surface area contributed by atoms with Crippen LogP contribution in [-0.4, -0.2) is 39.4 Å². The molecule has 5 aromatic heterocycles. The lowest BCUT2D eigenvalue weighted by Gasteiger charge is -2.04. The zero-order valence-electron chi connectivity index (χ0n) is 20.4. The minimum atomic E-state index is -0.465. The van der Waals surface area contributed by atoms with Gasteiger partial charge in [-0.1, -0.05) is 11.6 Å². The molecule has 0 spiro atoms. The fraction of sp³-hybridized carbons (Fsp3) is 0.125. The number of anilines is 2. The highest BCUT2D eigenvalue weighted by Gasteiger charge is 2.10. The second kappa shape index (κ2) is 12.2. The zero-order chi connectivity index (χ0) is 26.9. The number of rotatable bonds is 3. The third kappa shape index (κ3) is 7.32. The minimum absolute atomic E-state index is 0.0107. The number of nitrogens with zero attached hydrogens (tertiary/aromatic N) is 8. The topological polar surface area (TPSA) is 169 Å². The molecule has 0 saturated heterocycles. The lowest BCUT2D eigenvalue weighted by Crippen LogP contribution is -2.01. The Bertz CT molecular complexity index is 1470. The smallest absolute Gasteiger partial charge is 0.287 e. The number of nitrogen functional groups attached to an aromatic ring is 2. The number of pyridine rings is 3. The van der Waals surface area contributed by atoms with Crippen molar-refractivity contribution in [2.75, 3.05) is 11.5 Å². The summed E-state index contributed by atoms with van der Waals surface area (Å²) >= 11 is 5.61. The van der Waals surface area contributed by atoms with Crippen LogP contribution in [0, 0.1) is 30.9 Å². The van der Waals surface area contributed by atoms with E-state index < -0.39 is 4.92 Å². The van der Waals surface area contributed by atoms with Crippen molar-refractivity contribution >= 4 is 28.7 Å². The second-order valence-electron chi connectivity index (χ2n) is 7.78. The van der Waals surface area contributed by atoms with Crippen molar-refractivity contribution in [3.8, 4) is 11.6 Å². The molecule has 5 aromatic rings. The van der Waals surface area contributed by atoms with Crippen LogP contribution in [-0.2, 0) is 0 Å². The largest absolute Gasteiger partial charge is 0.397 e. The lowest BCUT2D eigenvalue weighted by molar-refractivity contribution is -0.385. The van der Waals surface area contributed by atoms with Crippen molar-refractivity contribution in [1.29, 1.82) is 0 Å². The molecule has 0 fully saturated rings. The maximum Gasteiger partial charge on any atom is 0.287 e. The molecule has 0 aliphatic rings. The predicted molar refractivity (Wildman–Crippen MR) is 142 cm³/mol. The number of hydrogen-bond donors (Lipinski definition) is 2. The van der Waals surface area contributed by atoms with Crippen LogP contribution in [0.4, 0.5) is 17.1 Å². The molecule has 0 unspecified atom stereocenters. The van der Waals surface area contributed by atoms with E-state index in [4.69, 9.17) is 23.1 Å². The summed E-state index contributed by atoms with van der Waals surface area (Å²) in [7, 11) is 0. The second-order valence-corrected chi connectivity index (χ2v) is 8.14. The van der Waals surface area contributed by atoms with Gasteiger partial charge in [-0.25, -0.2) is 24.3 Å². The summed E-state index contributed by atoms with van der Waals surface area (Å²) < 4.78 is 3.29. The fourth-order valence-corrected chi connectivity index (χ4v) is 3.19. The summed E-state index contributed by atoms with van der Waals surface area (Å²) in [4.78, 5) is 22.0. The summed E-state index contributed by atoms with van der Waals surface area (Å²) in [6.45, 7) is 5.59. The van der Waals surface area contributed by atoms with Crippen molar-refractivity contribution < 1.29 is 4.92 Å². The summed E-state index contributed by atoms with van der Waals surface area (Å²) in [5.41, 5.74) is 15.0. The van der Waals surface area contributed by atoms with Crippen LogP contribution >= 0.6 is 11.6 Å². The molecule has 0 radical (unpaired) electrons. The quantitative estimate of drug-likeness (QED) is 0.200. The molecule has 0 saturated carbocycles. The Morgan fingerprint density at radius 2 is 1.27 bits per heavy atom. The van der Waals surface area contributed by atoms with E-state index in [1.165, 1.54) is 18.5 Å². The van der Waals surface area contributed by atoms with Crippen molar-refractivity contribution in [2.45, 2.75) is 20.8 Å². The average molecular weight is 521 g/mol. The van der Waals surface area contributed by atoms with E-state index in [-0.39, 0.29) is 5.69 Å². The SMILES string of the molecule is Cc1cc(N)cnc1-n1cccn1.Cc1cc(N)cnc1Cl.Cc1cc([N+](=O)[O-])cnc1-n1cccn1. The van der Waals surface area contributed by atoms with Gasteiger partial charge in [-0.2, -0.15) is 10.2 Å². The highest BCUT2D eigenvalue weighted by atomic mass is 35.5. The van der Waals surface area contributed by atoms with Gasteiger partial charge in [0.05, 0.1) is 28.7 Å². The summed E-state index contributed by atoms with van der Waals surface area (Å²) in [5, 5.41) is 19.1. The number of halogens is 1. The molecule has 190 valence electrons. The van der Waals surface area contributed by atoms with Gasteiger partial charge in [0.25, 0.3) is 5.69 Å². The van der Waals surface area contributed by atoms with E-state index >= 15 is 0 Å². The molecule has 5 rings (SSSR count). The molecule has 13 heteroatoms. The fourth-order valence-electron chi connectivity index (χ4n) is 3.09. The molecule has 0 atom stereocenters. The Hall–Kier alpha value is -4.84. The predicted octanol–water partition coefficient (Wildman–Crippen LogP) is 4.27. The van der Waals surface area contributed by atoms with E-state index in [0.29, 0.717) is 27.9 Å². The maximum absolute atomic E-state index is 10.5.